The third-order valence-corrected chi connectivity index (χ3v) is 4.18. The van der Waals surface area contributed by atoms with Crippen molar-refractivity contribution < 1.29 is 21.6 Å². The van der Waals surface area contributed by atoms with Crippen molar-refractivity contribution in [3.63, 3.8) is 0 Å². The summed E-state index contributed by atoms with van der Waals surface area (Å²) in [6, 6.07) is 3.99. The van der Waals surface area contributed by atoms with Gasteiger partial charge in [-0.05, 0) is 25.1 Å². The average Bonchev–Trinajstić information content (AvgIpc) is 2.68. The maximum absolute atomic E-state index is 12.6. The zero-order chi connectivity index (χ0) is 15.8. The van der Waals surface area contributed by atoms with Crippen molar-refractivity contribution in [3.05, 3.63) is 41.7 Å². The lowest BCUT2D eigenvalue weighted by atomic mass is 10.2. The first-order valence-electron chi connectivity index (χ1n) is 5.80. The van der Waals surface area contributed by atoms with Crippen LogP contribution in [0.3, 0.4) is 0 Å². The smallest absolute Gasteiger partial charge is 0.280 e. The van der Waals surface area contributed by atoms with E-state index in [1.807, 2.05) is 0 Å². The SMILES string of the molecule is Cc1nn(C)cc1S(=O)(=O)Nc1cccc(C(F)(F)F)c1. The maximum atomic E-state index is 12.6. The van der Waals surface area contributed by atoms with E-state index in [9.17, 15) is 21.6 Å². The van der Waals surface area contributed by atoms with Gasteiger partial charge in [0.15, 0.2) is 0 Å². The number of nitrogens with one attached hydrogen (secondary N) is 1. The molecule has 9 heteroatoms. The second-order valence-corrected chi connectivity index (χ2v) is 6.09. The predicted octanol–water partition coefficient (Wildman–Crippen LogP) is 2.55. The molecule has 2 rings (SSSR count). The molecule has 1 N–H and O–H groups in total. The van der Waals surface area contributed by atoms with Gasteiger partial charge in [-0.15, -0.1) is 0 Å². The van der Waals surface area contributed by atoms with Gasteiger partial charge in [-0.1, -0.05) is 6.07 Å². The van der Waals surface area contributed by atoms with Crippen molar-refractivity contribution in [3.8, 4) is 0 Å². The Bertz CT molecular complexity index is 766. The summed E-state index contributed by atoms with van der Waals surface area (Å²) in [4.78, 5) is -0.0811. The van der Waals surface area contributed by atoms with Crippen molar-refractivity contribution in [2.45, 2.75) is 18.0 Å². The van der Waals surface area contributed by atoms with Gasteiger partial charge in [0.1, 0.15) is 4.90 Å². The Kier molecular flexibility index (Phi) is 3.70. The number of anilines is 1. The minimum absolute atomic E-state index is 0.0811. The Balaban J connectivity index is 2.36. The molecule has 0 spiro atoms. The van der Waals surface area contributed by atoms with Crippen LogP contribution in [0, 0.1) is 6.92 Å². The first-order valence-corrected chi connectivity index (χ1v) is 7.28. The number of hydrogen-bond donors (Lipinski definition) is 1. The average molecular weight is 319 g/mol. The van der Waals surface area contributed by atoms with Crippen molar-refractivity contribution in [1.82, 2.24) is 9.78 Å². The van der Waals surface area contributed by atoms with Crippen molar-refractivity contribution in [2.75, 3.05) is 4.72 Å². The molecule has 1 aromatic heterocycles. The molecule has 0 unspecified atom stereocenters. The third-order valence-electron chi connectivity index (χ3n) is 2.70. The molecule has 0 saturated carbocycles. The third kappa shape index (κ3) is 3.35. The van der Waals surface area contributed by atoms with E-state index in [-0.39, 0.29) is 16.3 Å². The van der Waals surface area contributed by atoms with E-state index in [0.717, 1.165) is 18.2 Å². The second-order valence-electron chi connectivity index (χ2n) is 4.44. The number of aromatic nitrogens is 2. The maximum Gasteiger partial charge on any atom is 0.416 e. The fourth-order valence-electron chi connectivity index (χ4n) is 1.81. The summed E-state index contributed by atoms with van der Waals surface area (Å²) in [5.74, 6) is 0. The minimum atomic E-state index is -4.54. The normalized spacial score (nSPS) is 12.4. The number of alkyl halides is 3. The highest BCUT2D eigenvalue weighted by molar-refractivity contribution is 7.92. The van der Waals surface area contributed by atoms with Gasteiger partial charge in [-0.25, -0.2) is 8.42 Å². The van der Waals surface area contributed by atoms with Crippen LogP contribution in [0.2, 0.25) is 0 Å². The minimum Gasteiger partial charge on any atom is -0.280 e. The number of aryl methyl sites for hydroxylation is 2. The molecule has 0 saturated heterocycles. The molecule has 0 atom stereocenters. The first kappa shape index (κ1) is 15.4. The van der Waals surface area contributed by atoms with Crippen LogP contribution in [0.25, 0.3) is 0 Å². The van der Waals surface area contributed by atoms with E-state index in [1.54, 1.807) is 7.05 Å². The molecule has 5 nitrogen and oxygen atoms in total. The predicted molar refractivity (Wildman–Crippen MR) is 70.2 cm³/mol. The molecule has 0 radical (unpaired) electrons. The summed E-state index contributed by atoms with van der Waals surface area (Å²) in [5, 5.41) is 3.89. The van der Waals surface area contributed by atoms with Gasteiger partial charge < -0.3 is 0 Å². The highest BCUT2D eigenvalue weighted by Crippen LogP contribution is 2.31. The second kappa shape index (κ2) is 5.06. The fourth-order valence-corrected chi connectivity index (χ4v) is 3.08. The summed E-state index contributed by atoms with van der Waals surface area (Å²) >= 11 is 0. The largest absolute Gasteiger partial charge is 0.416 e. The number of sulfonamides is 1. The topological polar surface area (TPSA) is 64.0 Å². The molecule has 0 bridgehead atoms. The number of nitrogens with zero attached hydrogens (tertiary/aromatic N) is 2. The molecule has 0 aliphatic heterocycles. The number of halogens is 3. The fraction of sp³-hybridized carbons (Fsp3) is 0.250. The Morgan fingerprint density at radius 2 is 1.95 bits per heavy atom. The van der Waals surface area contributed by atoms with E-state index in [1.165, 1.54) is 23.9 Å². The highest BCUT2D eigenvalue weighted by Gasteiger charge is 2.31. The van der Waals surface area contributed by atoms with Gasteiger partial charge in [-0.3, -0.25) is 9.40 Å². The van der Waals surface area contributed by atoms with Crippen LogP contribution in [0.4, 0.5) is 18.9 Å². The lowest BCUT2D eigenvalue weighted by Gasteiger charge is -2.10. The van der Waals surface area contributed by atoms with Crippen LogP contribution in [0.1, 0.15) is 11.3 Å². The van der Waals surface area contributed by atoms with Crippen LogP contribution in [0.15, 0.2) is 35.4 Å². The lowest BCUT2D eigenvalue weighted by Crippen LogP contribution is -2.14. The van der Waals surface area contributed by atoms with E-state index < -0.39 is 21.8 Å². The molecule has 0 amide bonds. The highest BCUT2D eigenvalue weighted by atomic mass is 32.2. The molecule has 1 heterocycles. The number of benzene rings is 1. The molecule has 21 heavy (non-hydrogen) atoms. The van der Waals surface area contributed by atoms with Crippen molar-refractivity contribution in [1.29, 1.82) is 0 Å². The van der Waals surface area contributed by atoms with Gasteiger partial charge in [0.25, 0.3) is 10.0 Å². The van der Waals surface area contributed by atoms with E-state index in [0.29, 0.717) is 0 Å². The van der Waals surface area contributed by atoms with Crippen molar-refractivity contribution in [2.24, 2.45) is 7.05 Å². The van der Waals surface area contributed by atoms with Gasteiger partial charge in [-0.2, -0.15) is 18.3 Å². The van der Waals surface area contributed by atoms with Gasteiger partial charge in [0.2, 0.25) is 0 Å². The van der Waals surface area contributed by atoms with Crippen LogP contribution < -0.4 is 4.72 Å². The zero-order valence-corrected chi connectivity index (χ0v) is 12.0. The molecular weight excluding hydrogens is 307 g/mol. The number of rotatable bonds is 3. The van der Waals surface area contributed by atoms with E-state index >= 15 is 0 Å². The summed E-state index contributed by atoms with van der Waals surface area (Å²) in [7, 11) is -2.43. The number of hydrogen-bond acceptors (Lipinski definition) is 3. The van der Waals surface area contributed by atoms with Gasteiger partial charge in [0.05, 0.1) is 11.3 Å². The standard InChI is InChI=1S/C12H12F3N3O2S/c1-8-11(7-18(2)16-8)21(19,20)17-10-5-3-4-9(6-10)12(13,14)15/h3-7,17H,1-2H3. The first-order chi connectivity index (χ1) is 9.59. The molecule has 0 aliphatic rings. The van der Waals surface area contributed by atoms with E-state index in [2.05, 4.69) is 9.82 Å². The quantitative estimate of drug-likeness (QED) is 0.945. The van der Waals surface area contributed by atoms with Crippen LogP contribution in [-0.2, 0) is 23.2 Å². The Labute approximate surface area is 119 Å². The molecule has 1 aromatic carbocycles. The summed E-state index contributed by atoms with van der Waals surface area (Å²) < 4.78 is 65.5. The Morgan fingerprint density at radius 3 is 2.48 bits per heavy atom. The molecule has 0 fully saturated rings. The monoisotopic (exact) mass is 319 g/mol. The summed E-state index contributed by atoms with van der Waals surface area (Å²) in [6.45, 7) is 1.50. The molecule has 114 valence electrons. The summed E-state index contributed by atoms with van der Waals surface area (Å²) in [6.07, 6.45) is -3.25. The van der Waals surface area contributed by atoms with Crippen LogP contribution in [-0.4, -0.2) is 18.2 Å². The molecule has 0 aliphatic carbocycles. The molecular formula is C12H12F3N3O2S. The van der Waals surface area contributed by atoms with Gasteiger partial charge >= 0.3 is 6.18 Å². The Morgan fingerprint density at radius 1 is 1.29 bits per heavy atom. The lowest BCUT2D eigenvalue weighted by molar-refractivity contribution is -0.137. The Hall–Kier alpha value is -2.03. The van der Waals surface area contributed by atoms with E-state index in [4.69, 9.17) is 0 Å². The van der Waals surface area contributed by atoms with Gasteiger partial charge in [0, 0.05) is 18.9 Å². The van der Waals surface area contributed by atoms with Crippen LogP contribution in [0.5, 0.6) is 0 Å². The van der Waals surface area contributed by atoms with Crippen molar-refractivity contribution >= 4 is 15.7 Å². The summed E-state index contributed by atoms with van der Waals surface area (Å²) in [5.41, 5.74) is -0.823. The van der Waals surface area contributed by atoms with Crippen LogP contribution >= 0.6 is 0 Å². The zero-order valence-electron chi connectivity index (χ0n) is 11.1. The molecule has 2 aromatic rings.